The summed E-state index contributed by atoms with van der Waals surface area (Å²) in [6.07, 6.45) is 1.49. The monoisotopic (exact) mass is 436 g/mol. The van der Waals surface area contributed by atoms with Gasteiger partial charge < -0.3 is 4.90 Å². The number of pyridine rings is 1. The van der Waals surface area contributed by atoms with Crippen LogP contribution >= 0.6 is 0 Å². The largest absolute Gasteiger partial charge is 0.329 e. The van der Waals surface area contributed by atoms with Crippen LogP contribution < -0.4 is 0 Å². The van der Waals surface area contributed by atoms with Gasteiger partial charge in [0.2, 0.25) is 0 Å². The minimum atomic E-state index is -0.647. The second-order valence-electron chi connectivity index (χ2n) is 8.27. The summed E-state index contributed by atoms with van der Waals surface area (Å²) in [5, 5.41) is 8.75. The molecule has 3 aromatic heterocycles. The first kappa shape index (κ1) is 20.3. The van der Waals surface area contributed by atoms with E-state index in [1.54, 1.807) is 33.2 Å². The number of carbonyl (C=O) groups is 1. The van der Waals surface area contributed by atoms with Crippen LogP contribution in [0.4, 0.5) is 8.78 Å². The standard InChI is InChI=1S/C23H22F2N6O/c1-13(2)22-15(23(32)29-9-10-30-19(11-29)26-12-27-30)7-8-18-20(14(3)28-31(18)22)21-16(24)5-4-6-17(21)25/h4-8,12-13H,9-11H2,1-3H3. The van der Waals surface area contributed by atoms with Gasteiger partial charge in [-0.15, -0.1) is 0 Å². The summed E-state index contributed by atoms with van der Waals surface area (Å²) in [4.78, 5) is 19.4. The molecule has 0 radical (unpaired) electrons. The predicted molar refractivity (Wildman–Crippen MR) is 114 cm³/mol. The predicted octanol–water partition coefficient (Wildman–Crippen LogP) is 3.96. The number of nitrogens with zero attached hydrogens (tertiary/aromatic N) is 6. The Balaban J connectivity index is 1.65. The van der Waals surface area contributed by atoms with Gasteiger partial charge in [0.15, 0.2) is 0 Å². The molecule has 164 valence electrons. The highest BCUT2D eigenvalue weighted by atomic mass is 19.1. The molecule has 1 amide bonds. The van der Waals surface area contributed by atoms with Crippen molar-refractivity contribution < 1.29 is 13.6 Å². The van der Waals surface area contributed by atoms with Gasteiger partial charge in [-0.05, 0) is 37.1 Å². The van der Waals surface area contributed by atoms with Crippen LogP contribution in [-0.4, -0.2) is 41.7 Å². The Labute approximate surface area is 183 Å². The summed E-state index contributed by atoms with van der Waals surface area (Å²) < 4.78 is 32.6. The second kappa shape index (κ2) is 7.51. The van der Waals surface area contributed by atoms with Crippen molar-refractivity contribution in [2.45, 2.75) is 39.8 Å². The molecule has 0 aliphatic carbocycles. The van der Waals surface area contributed by atoms with Crippen LogP contribution in [0.2, 0.25) is 0 Å². The average Bonchev–Trinajstić information content (AvgIpc) is 3.35. The molecule has 0 saturated heterocycles. The molecule has 0 unspecified atom stereocenters. The number of carbonyl (C=O) groups excluding carboxylic acids is 1. The Morgan fingerprint density at radius 1 is 1.06 bits per heavy atom. The molecule has 1 aromatic carbocycles. The molecule has 4 heterocycles. The Morgan fingerprint density at radius 2 is 1.81 bits per heavy atom. The molecular formula is C23H22F2N6O. The molecule has 5 rings (SSSR count). The minimum absolute atomic E-state index is 0.0521. The van der Waals surface area contributed by atoms with Crippen LogP contribution in [0.3, 0.4) is 0 Å². The van der Waals surface area contributed by atoms with Crippen LogP contribution in [0.25, 0.3) is 16.6 Å². The maximum absolute atomic E-state index is 14.6. The van der Waals surface area contributed by atoms with Gasteiger partial charge in [-0.3, -0.25) is 4.79 Å². The summed E-state index contributed by atoms with van der Waals surface area (Å²) in [6.45, 7) is 7.14. The van der Waals surface area contributed by atoms with Gasteiger partial charge in [-0.1, -0.05) is 19.9 Å². The van der Waals surface area contributed by atoms with E-state index >= 15 is 0 Å². The van der Waals surface area contributed by atoms with E-state index in [2.05, 4.69) is 15.2 Å². The molecule has 9 heteroatoms. The average molecular weight is 436 g/mol. The van der Waals surface area contributed by atoms with E-state index in [1.165, 1.54) is 24.5 Å². The number of aromatic nitrogens is 5. The highest BCUT2D eigenvalue weighted by molar-refractivity contribution is 5.97. The third-order valence-electron chi connectivity index (χ3n) is 5.90. The topological polar surface area (TPSA) is 68.3 Å². The van der Waals surface area contributed by atoms with Gasteiger partial charge in [0, 0.05) is 12.1 Å². The summed E-state index contributed by atoms with van der Waals surface area (Å²) >= 11 is 0. The zero-order chi connectivity index (χ0) is 22.6. The zero-order valence-electron chi connectivity index (χ0n) is 18.0. The van der Waals surface area contributed by atoms with Crippen LogP contribution in [0.5, 0.6) is 0 Å². The lowest BCUT2D eigenvalue weighted by Crippen LogP contribution is -2.39. The lowest BCUT2D eigenvalue weighted by atomic mass is 9.99. The van der Waals surface area contributed by atoms with Gasteiger partial charge in [-0.25, -0.2) is 23.0 Å². The maximum atomic E-state index is 14.6. The highest BCUT2D eigenvalue weighted by Gasteiger charge is 2.28. The summed E-state index contributed by atoms with van der Waals surface area (Å²) in [6, 6.07) is 7.25. The van der Waals surface area contributed by atoms with Crippen LogP contribution in [-0.2, 0) is 13.1 Å². The van der Waals surface area contributed by atoms with Crippen LogP contribution in [0.1, 0.15) is 47.3 Å². The fourth-order valence-corrected chi connectivity index (χ4v) is 4.43. The van der Waals surface area contributed by atoms with Gasteiger partial charge in [0.05, 0.1) is 41.1 Å². The lowest BCUT2D eigenvalue weighted by Gasteiger charge is -2.28. The third-order valence-corrected chi connectivity index (χ3v) is 5.90. The number of benzene rings is 1. The molecule has 0 saturated carbocycles. The van der Waals surface area contributed by atoms with Crippen LogP contribution in [0, 0.1) is 18.6 Å². The van der Waals surface area contributed by atoms with E-state index in [4.69, 9.17) is 0 Å². The molecule has 32 heavy (non-hydrogen) atoms. The summed E-state index contributed by atoms with van der Waals surface area (Å²) in [5.74, 6) is -0.734. The van der Waals surface area contributed by atoms with Crippen molar-refractivity contribution >= 4 is 11.4 Å². The summed E-state index contributed by atoms with van der Waals surface area (Å²) in [5.41, 5.74) is 2.56. The normalized spacial score (nSPS) is 13.8. The van der Waals surface area contributed by atoms with Crippen molar-refractivity contribution in [2.24, 2.45) is 0 Å². The Hall–Kier alpha value is -3.62. The van der Waals surface area contributed by atoms with Crippen molar-refractivity contribution in [2.75, 3.05) is 6.54 Å². The Bertz CT molecular complexity index is 1340. The van der Waals surface area contributed by atoms with Gasteiger partial charge in [-0.2, -0.15) is 10.2 Å². The number of fused-ring (bicyclic) bond motifs is 2. The van der Waals surface area contributed by atoms with Gasteiger partial charge in [0.25, 0.3) is 5.91 Å². The van der Waals surface area contributed by atoms with Crippen LogP contribution in [0.15, 0.2) is 36.7 Å². The molecule has 1 aliphatic heterocycles. The highest BCUT2D eigenvalue weighted by Crippen LogP contribution is 2.35. The molecular weight excluding hydrogens is 414 g/mol. The first-order valence-corrected chi connectivity index (χ1v) is 10.5. The second-order valence-corrected chi connectivity index (χ2v) is 8.27. The number of amides is 1. The molecule has 0 bridgehead atoms. The SMILES string of the molecule is Cc1nn2c(C(C)C)c(C(=O)N3CCn4ncnc4C3)ccc2c1-c1c(F)cccc1F. The zero-order valence-corrected chi connectivity index (χ0v) is 18.0. The van der Waals surface area contributed by atoms with Gasteiger partial charge >= 0.3 is 0 Å². The number of rotatable bonds is 3. The minimum Gasteiger partial charge on any atom is -0.329 e. The number of hydrogen-bond donors (Lipinski definition) is 0. The molecule has 4 aromatic rings. The van der Waals surface area contributed by atoms with Crippen molar-refractivity contribution in [3.05, 3.63) is 71.1 Å². The van der Waals surface area contributed by atoms with Crippen molar-refractivity contribution in [1.82, 2.24) is 29.3 Å². The smallest absolute Gasteiger partial charge is 0.256 e. The van der Waals surface area contributed by atoms with Crippen molar-refractivity contribution in [3.8, 4) is 11.1 Å². The van der Waals surface area contributed by atoms with Crippen molar-refractivity contribution in [1.29, 1.82) is 0 Å². The number of hydrogen-bond acceptors (Lipinski definition) is 4. The van der Waals surface area contributed by atoms with E-state index < -0.39 is 11.6 Å². The molecule has 0 fully saturated rings. The van der Waals surface area contributed by atoms with Gasteiger partial charge in [0.1, 0.15) is 23.8 Å². The van der Waals surface area contributed by atoms with E-state index in [0.717, 1.165) is 5.82 Å². The molecule has 0 atom stereocenters. The number of halogens is 2. The van der Waals surface area contributed by atoms with E-state index in [0.29, 0.717) is 47.7 Å². The van der Waals surface area contributed by atoms with E-state index in [-0.39, 0.29) is 17.4 Å². The molecule has 0 N–H and O–H groups in total. The third kappa shape index (κ3) is 3.07. The fourth-order valence-electron chi connectivity index (χ4n) is 4.43. The van der Waals surface area contributed by atoms with E-state index in [1.807, 2.05) is 13.8 Å². The quantitative estimate of drug-likeness (QED) is 0.488. The molecule has 7 nitrogen and oxygen atoms in total. The molecule has 1 aliphatic rings. The maximum Gasteiger partial charge on any atom is 0.256 e. The van der Waals surface area contributed by atoms with Crippen molar-refractivity contribution in [3.63, 3.8) is 0 Å². The fraction of sp³-hybridized carbons (Fsp3) is 0.304. The van der Waals surface area contributed by atoms with E-state index in [9.17, 15) is 13.6 Å². The number of aryl methyl sites for hydroxylation is 1. The Morgan fingerprint density at radius 3 is 2.53 bits per heavy atom. The lowest BCUT2D eigenvalue weighted by molar-refractivity contribution is 0.0700. The first-order chi connectivity index (χ1) is 15.4. The molecule has 0 spiro atoms. The first-order valence-electron chi connectivity index (χ1n) is 10.5. The Kier molecular flexibility index (Phi) is 4.76. The summed E-state index contributed by atoms with van der Waals surface area (Å²) in [7, 11) is 0.